The zero-order valence-corrected chi connectivity index (χ0v) is 16.3. The lowest BCUT2D eigenvalue weighted by Gasteiger charge is -2.06. The average molecular weight is 407 g/mol. The predicted octanol–water partition coefficient (Wildman–Crippen LogP) is 2.69. The molecule has 0 aliphatic rings. The zero-order chi connectivity index (χ0) is 20.2. The van der Waals surface area contributed by atoms with Crippen LogP contribution in [-0.2, 0) is 11.3 Å². The van der Waals surface area contributed by atoms with E-state index in [0.29, 0.717) is 22.1 Å². The third-order valence-electron chi connectivity index (χ3n) is 4.07. The Balaban J connectivity index is 1.58. The van der Waals surface area contributed by atoms with Crippen LogP contribution >= 0.6 is 11.8 Å². The second-order valence-corrected chi connectivity index (χ2v) is 7.12. The number of ether oxygens (including phenoxy) is 1. The molecule has 146 valence electrons. The molecule has 8 nitrogen and oxygen atoms in total. The highest BCUT2D eigenvalue weighted by atomic mass is 32.2. The number of amides is 1. The summed E-state index contributed by atoms with van der Waals surface area (Å²) in [5.74, 6) is 0.260. The highest BCUT2D eigenvalue weighted by Crippen LogP contribution is 2.27. The summed E-state index contributed by atoms with van der Waals surface area (Å²) < 4.78 is 7.66. The maximum absolute atomic E-state index is 12.6. The lowest BCUT2D eigenvalue weighted by atomic mass is 10.3. The second kappa shape index (κ2) is 8.19. The van der Waals surface area contributed by atoms with Crippen LogP contribution in [0.25, 0.3) is 5.65 Å². The van der Waals surface area contributed by atoms with Gasteiger partial charge in [0.15, 0.2) is 5.65 Å². The number of carbonyl (C=O) groups excluding carboxylic acids is 1. The third-order valence-corrected chi connectivity index (χ3v) is 5.06. The first kappa shape index (κ1) is 18.8. The predicted molar refractivity (Wildman–Crippen MR) is 109 cm³/mol. The fourth-order valence-electron chi connectivity index (χ4n) is 2.74. The number of nitrogens with one attached hydrogen (secondary N) is 1. The Morgan fingerprint density at radius 1 is 1.17 bits per heavy atom. The molecular formula is C20H17N5O3S. The quantitative estimate of drug-likeness (QED) is 0.529. The van der Waals surface area contributed by atoms with Gasteiger partial charge in [-0.3, -0.25) is 4.79 Å². The second-order valence-electron chi connectivity index (χ2n) is 6.06. The first-order valence-electron chi connectivity index (χ1n) is 8.75. The molecule has 1 N–H and O–H groups in total. The van der Waals surface area contributed by atoms with Crippen molar-refractivity contribution in [2.75, 3.05) is 12.4 Å². The molecule has 0 saturated carbocycles. The molecule has 0 aliphatic carbocycles. The number of hydrogen-bond acceptors (Lipinski definition) is 6. The Hall–Kier alpha value is -3.59. The van der Waals surface area contributed by atoms with Gasteiger partial charge in [0, 0.05) is 29.0 Å². The third kappa shape index (κ3) is 4.14. The molecule has 0 spiro atoms. The van der Waals surface area contributed by atoms with E-state index in [2.05, 4.69) is 15.4 Å². The number of rotatable bonds is 6. The fourth-order valence-corrected chi connectivity index (χ4v) is 3.60. The highest BCUT2D eigenvalue weighted by molar-refractivity contribution is 7.99. The van der Waals surface area contributed by atoms with E-state index in [9.17, 15) is 9.59 Å². The number of nitrogens with zero attached hydrogens (tertiary/aromatic N) is 4. The van der Waals surface area contributed by atoms with Gasteiger partial charge in [-0.1, -0.05) is 36.0 Å². The number of anilines is 1. The molecule has 0 fully saturated rings. The normalized spacial score (nSPS) is 10.8. The van der Waals surface area contributed by atoms with Crippen molar-refractivity contribution in [3.63, 3.8) is 0 Å². The van der Waals surface area contributed by atoms with E-state index >= 15 is 0 Å². The maximum Gasteiger partial charge on any atom is 0.350 e. The van der Waals surface area contributed by atoms with Crippen molar-refractivity contribution in [1.29, 1.82) is 0 Å². The molecule has 9 heteroatoms. The van der Waals surface area contributed by atoms with Crippen LogP contribution < -0.4 is 15.7 Å². The number of benzene rings is 2. The molecule has 0 radical (unpaired) electrons. The van der Waals surface area contributed by atoms with Gasteiger partial charge in [0.2, 0.25) is 5.91 Å². The van der Waals surface area contributed by atoms with E-state index in [1.807, 2.05) is 30.3 Å². The van der Waals surface area contributed by atoms with Gasteiger partial charge in [0.05, 0.1) is 7.11 Å². The number of aromatic nitrogens is 4. The standard InChI is InChI=1S/C20H17N5O3S/c1-28-15-7-5-6-14(12-15)22-17(26)13-25-20(27)24-11-10-21-19(18(24)23-25)29-16-8-3-2-4-9-16/h2-12H,13H2,1H3,(H,22,26). The molecule has 29 heavy (non-hydrogen) atoms. The molecule has 0 saturated heterocycles. The van der Waals surface area contributed by atoms with Crippen LogP contribution in [0.4, 0.5) is 5.69 Å². The maximum atomic E-state index is 12.6. The van der Waals surface area contributed by atoms with Crippen LogP contribution in [0, 0.1) is 0 Å². The first-order valence-corrected chi connectivity index (χ1v) is 9.56. The van der Waals surface area contributed by atoms with E-state index in [0.717, 1.165) is 9.58 Å². The minimum absolute atomic E-state index is 0.215. The summed E-state index contributed by atoms with van der Waals surface area (Å²) in [5.41, 5.74) is 0.576. The lowest BCUT2D eigenvalue weighted by molar-refractivity contribution is -0.117. The van der Waals surface area contributed by atoms with Gasteiger partial charge >= 0.3 is 5.69 Å². The van der Waals surface area contributed by atoms with Gasteiger partial charge in [-0.25, -0.2) is 18.9 Å². The van der Waals surface area contributed by atoms with Crippen molar-refractivity contribution < 1.29 is 9.53 Å². The molecule has 2 heterocycles. The summed E-state index contributed by atoms with van der Waals surface area (Å²) in [5, 5.41) is 7.65. The van der Waals surface area contributed by atoms with Crippen molar-refractivity contribution in [3.8, 4) is 5.75 Å². The van der Waals surface area contributed by atoms with Gasteiger partial charge < -0.3 is 10.1 Å². The van der Waals surface area contributed by atoms with Crippen LogP contribution in [0.3, 0.4) is 0 Å². The summed E-state index contributed by atoms with van der Waals surface area (Å²) >= 11 is 1.40. The number of fused-ring (bicyclic) bond motifs is 1. The molecule has 1 amide bonds. The highest BCUT2D eigenvalue weighted by Gasteiger charge is 2.15. The average Bonchev–Trinajstić information content (AvgIpc) is 3.05. The number of hydrogen-bond donors (Lipinski definition) is 1. The Bertz CT molecular complexity index is 1220. The Morgan fingerprint density at radius 2 is 2.00 bits per heavy atom. The van der Waals surface area contributed by atoms with E-state index in [1.54, 1.807) is 37.6 Å². The van der Waals surface area contributed by atoms with Crippen LogP contribution in [0.15, 0.2) is 81.7 Å². The van der Waals surface area contributed by atoms with E-state index in [-0.39, 0.29) is 12.5 Å². The van der Waals surface area contributed by atoms with Crippen LogP contribution in [0.2, 0.25) is 0 Å². The van der Waals surface area contributed by atoms with Crippen molar-refractivity contribution >= 4 is 29.0 Å². The minimum atomic E-state index is -0.405. The molecular weight excluding hydrogens is 390 g/mol. The van der Waals surface area contributed by atoms with Crippen LogP contribution in [0.1, 0.15) is 0 Å². The molecule has 4 aromatic rings. The molecule has 0 atom stereocenters. The largest absolute Gasteiger partial charge is 0.497 e. The Labute approximate surface area is 170 Å². The fraction of sp³-hybridized carbons (Fsp3) is 0.100. The van der Waals surface area contributed by atoms with Crippen LogP contribution in [-0.4, -0.2) is 32.2 Å². The molecule has 0 unspecified atom stereocenters. The van der Waals surface area contributed by atoms with Gasteiger partial charge in [0.1, 0.15) is 17.3 Å². The summed E-state index contributed by atoms with van der Waals surface area (Å²) in [6.07, 6.45) is 3.08. The zero-order valence-electron chi connectivity index (χ0n) is 15.5. The van der Waals surface area contributed by atoms with E-state index in [1.165, 1.54) is 22.4 Å². The Kier molecular flexibility index (Phi) is 5.30. The molecule has 2 aromatic heterocycles. The molecule has 0 bridgehead atoms. The van der Waals surface area contributed by atoms with E-state index < -0.39 is 5.69 Å². The molecule has 0 aliphatic heterocycles. The SMILES string of the molecule is COc1cccc(NC(=O)Cn2nc3c(Sc4ccccc4)nccn3c2=O)c1. The topological polar surface area (TPSA) is 90.5 Å². The van der Waals surface area contributed by atoms with Crippen LogP contribution in [0.5, 0.6) is 5.75 Å². The number of carbonyl (C=O) groups is 1. The van der Waals surface area contributed by atoms with E-state index in [4.69, 9.17) is 4.74 Å². The Morgan fingerprint density at radius 3 is 2.79 bits per heavy atom. The molecule has 4 rings (SSSR count). The monoisotopic (exact) mass is 407 g/mol. The van der Waals surface area contributed by atoms with Crippen molar-refractivity contribution in [2.24, 2.45) is 0 Å². The minimum Gasteiger partial charge on any atom is -0.497 e. The summed E-state index contributed by atoms with van der Waals surface area (Å²) in [6.45, 7) is -0.215. The summed E-state index contributed by atoms with van der Waals surface area (Å²) in [7, 11) is 1.55. The van der Waals surface area contributed by atoms with Gasteiger partial charge in [-0.15, -0.1) is 5.10 Å². The summed E-state index contributed by atoms with van der Waals surface area (Å²) in [4.78, 5) is 30.4. The first-order chi connectivity index (χ1) is 14.1. The smallest absolute Gasteiger partial charge is 0.350 e. The van der Waals surface area contributed by atoms with Gasteiger partial charge in [-0.2, -0.15) is 0 Å². The number of methoxy groups -OCH3 is 1. The van der Waals surface area contributed by atoms with Gasteiger partial charge in [-0.05, 0) is 24.3 Å². The lowest BCUT2D eigenvalue weighted by Crippen LogP contribution is -2.28. The van der Waals surface area contributed by atoms with Crippen molar-refractivity contribution in [1.82, 2.24) is 19.2 Å². The van der Waals surface area contributed by atoms with Crippen molar-refractivity contribution in [2.45, 2.75) is 16.5 Å². The van der Waals surface area contributed by atoms with Gasteiger partial charge in [0.25, 0.3) is 0 Å². The van der Waals surface area contributed by atoms with Crippen molar-refractivity contribution in [3.05, 3.63) is 77.5 Å². The summed E-state index contributed by atoms with van der Waals surface area (Å²) in [6, 6.07) is 16.7. The molecule has 2 aromatic carbocycles.